The lowest BCUT2D eigenvalue weighted by Crippen LogP contribution is -2.26. The molecule has 0 amide bonds. The number of anilines is 1. The van der Waals surface area contributed by atoms with Crippen LogP contribution in [0, 0.1) is 16.7 Å². The number of hydrogen-bond donors (Lipinski definition) is 2. The number of nitrogens with one attached hydrogen (secondary N) is 2. The second-order valence-electron chi connectivity index (χ2n) is 6.15. The van der Waals surface area contributed by atoms with Gasteiger partial charge in [0.05, 0.1) is 0 Å². The summed E-state index contributed by atoms with van der Waals surface area (Å²) in [4.78, 5) is 8.37. The molecule has 0 spiro atoms. The van der Waals surface area contributed by atoms with E-state index in [-0.39, 0.29) is 17.2 Å². The highest BCUT2D eigenvalue weighted by atomic mass is 16.5. The van der Waals surface area contributed by atoms with Crippen LogP contribution in [0.3, 0.4) is 0 Å². The Balaban J connectivity index is 1.88. The maximum absolute atomic E-state index is 8.79. The largest absolute Gasteiger partial charge is 0.356 e. The predicted molar refractivity (Wildman–Crippen MR) is 82.2 cm³/mol. The van der Waals surface area contributed by atoms with Crippen molar-refractivity contribution in [2.24, 2.45) is 5.41 Å². The molecule has 24 heavy (non-hydrogen) atoms. The SMILES string of the molecule is CC(C)(C)C(Nc1ccc(C#N)nn1)c1nc(-c2ncn[nH]2)no1. The quantitative estimate of drug-likeness (QED) is 0.732. The van der Waals surface area contributed by atoms with Gasteiger partial charge in [0.2, 0.25) is 11.7 Å². The molecule has 3 rings (SSSR count). The van der Waals surface area contributed by atoms with Gasteiger partial charge in [-0.25, -0.2) is 4.98 Å². The van der Waals surface area contributed by atoms with Crippen molar-refractivity contribution in [1.82, 2.24) is 35.5 Å². The molecule has 0 aliphatic heterocycles. The first kappa shape index (κ1) is 15.5. The fraction of sp³-hybridized carbons (Fsp3) is 0.357. The Labute approximate surface area is 137 Å². The molecule has 0 aliphatic carbocycles. The summed E-state index contributed by atoms with van der Waals surface area (Å²) in [5.74, 6) is 1.65. The average molecular weight is 325 g/mol. The van der Waals surface area contributed by atoms with Crippen LogP contribution in [0.5, 0.6) is 0 Å². The van der Waals surface area contributed by atoms with Gasteiger partial charge in [-0.3, -0.25) is 5.10 Å². The van der Waals surface area contributed by atoms with Crippen LogP contribution in [-0.4, -0.2) is 35.5 Å². The van der Waals surface area contributed by atoms with Gasteiger partial charge in [0.15, 0.2) is 11.5 Å². The molecule has 3 aromatic rings. The lowest BCUT2D eigenvalue weighted by atomic mass is 9.86. The molecule has 0 saturated carbocycles. The van der Waals surface area contributed by atoms with Gasteiger partial charge in [0, 0.05) is 0 Å². The molecule has 3 aromatic heterocycles. The van der Waals surface area contributed by atoms with Crippen LogP contribution >= 0.6 is 0 Å². The summed E-state index contributed by atoms with van der Waals surface area (Å²) >= 11 is 0. The maximum atomic E-state index is 8.79. The Morgan fingerprint density at radius 2 is 2.12 bits per heavy atom. The van der Waals surface area contributed by atoms with Crippen molar-refractivity contribution in [2.75, 3.05) is 5.32 Å². The van der Waals surface area contributed by atoms with Crippen LogP contribution in [0.4, 0.5) is 5.82 Å². The second-order valence-corrected chi connectivity index (χ2v) is 6.15. The van der Waals surface area contributed by atoms with Crippen molar-refractivity contribution in [1.29, 1.82) is 5.26 Å². The highest BCUT2D eigenvalue weighted by Gasteiger charge is 2.32. The third kappa shape index (κ3) is 3.19. The van der Waals surface area contributed by atoms with E-state index in [0.717, 1.165) is 0 Å². The van der Waals surface area contributed by atoms with E-state index in [1.807, 2.05) is 26.8 Å². The zero-order valence-electron chi connectivity index (χ0n) is 13.3. The van der Waals surface area contributed by atoms with Gasteiger partial charge in [-0.1, -0.05) is 25.9 Å². The number of aromatic amines is 1. The molecule has 122 valence electrons. The Hall–Kier alpha value is -3.35. The van der Waals surface area contributed by atoms with E-state index >= 15 is 0 Å². The van der Waals surface area contributed by atoms with Crippen LogP contribution in [0.15, 0.2) is 23.0 Å². The predicted octanol–water partition coefficient (Wildman–Crippen LogP) is 1.72. The number of aromatic nitrogens is 7. The standard InChI is InChI=1S/C14H15N9O/c1-14(2,3)10(18-9-5-4-8(6-15)20-21-9)13-19-12(23-24-13)11-16-7-17-22-11/h4-5,7,10H,1-3H3,(H,18,21)(H,16,17,22). The summed E-state index contributed by atoms with van der Waals surface area (Å²) in [5.41, 5.74) is -0.000825. The Morgan fingerprint density at radius 1 is 1.29 bits per heavy atom. The fourth-order valence-corrected chi connectivity index (χ4v) is 2.03. The smallest absolute Gasteiger partial charge is 0.250 e. The molecule has 1 unspecified atom stereocenters. The minimum atomic E-state index is -0.316. The van der Waals surface area contributed by atoms with Crippen molar-refractivity contribution in [3.8, 4) is 17.7 Å². The fourth-order valence-electron chi connectivity index (χ4n) is 2.03. The van der Waals surface area contributed by atoms with Crippen molar-refractivity contribution < 1.29 is 4.52 Å². The first-order valence-corrected chi connectivity index (χ1v) is 7.17. The third-order valence-corrected chi connectivity index (χ3v) is 3.25. The summed E-state index contributed by atoms with van der Waals surface area (Å²) in [6.45, 7) is 6.08. The van der Waals surface area contributed by atoms with Crippen LogP contribution in [0.1, 0.15) is 38.4 Å². The van der Waals surface area contributed by atoms with Crippen LogP contribution in [0.2, 0.25) is 0 Å². The molecular formula is C14H15N9O. The minimum Gasteiger partial charge on any atom is -0.356 e. The van der Waals surface area contributed by atoms with Crippen molar-refractivity contribution in [3.63, 3.8) is 0 Å². The van der Waals surface area contributed by atoms with Crippen LogP contribution in [0.25, 0.3) is 11.6 Å². The zero-order valence-corrected chi connectivity index (χ0v) is 13.3. The Morgan fingerprint density at radius 3 is 2.71 bits per heavy atom. The van der Waals surface area contributed by atoms with Gasteiger partial charge in [-0.15, -0.1) is 10.2 Å². The summed E-state index contributed by atoms with van der Waals surface area (Å²) in [6.07, 6.45) is 1.37. The summed E-state index contributed by atoms with van der Waals surface area (Å²) in [6, 6.07) is 4.88. The van der Waals surface area contributed by atoms with Crippen molar-refractivity contribution in [2.45, 2.75) is 26.8 Å². The molecule has 0 fully saturated rings. The lowest BCUT2D eigenvalue weighted by Gasteiger charge is -2.28. The maximum Gasteiger partial charge on any atom is 0.250 e. The van der Waals surface area contributed by atoms with E-state index in [1.54, 1.807) is 12.1 Å². The molecule has 0 aliphatic rings. The second kappa shape index (κ2) is 6.04. The molecule has 10 heteroatoms. The molecule has 2 N–H and O–H groups in total. The van der Waals surface area contributed by atoms with Crippen LogP contribution < -0.4 is 5.32 Å². The summed E-state index contributed by atoms with van der Waals surface area (Å²) in [7, 11) is 0. The van der Waals surface area contributed by atoms with Crippen molar-refractivity contribution >= 4 is 5.82 Å². The molecule has 10 nitrogen and oxygen atoms in total. The average Bonchev–Trinajstić information content (AvgIpc) is 3.23. The molecular weight excluding hydrogens is 310 g/mol. The zero-order chi connectivity index (χ0) is 17.2. The van der Waals surface area contributed by atoms with Crippen molar-refractivity contribution in [3.05, 3.63) is 30.0 Å². The van der Waals surface area contributed by atoms with E-state index in [2.05, 4.69) is 40.8 Å². The van der Waals surface area contributed by atoms with Gasteiger partial charge < -0.3 is 9.84 Å². The highest BCUT2D eigenvalue weighted by Crippen LogP contribution is 2.35. The van der Waals surface area contributed by atoms with E-state index in [9.17, 15) is 0 Å². The molecule has 0 bridgehead atoms. The van der Waals surface area contributed by atoms with Gasteiger partial charge in [0.1, 0.15) is 24.3 Å². The molecule has 0 aromatic carbocycles. The number of nitrogens with zero attached hydrogens (tertiary/aromatic N) is 7. The Bertz CT molecular complexity index is 840. The number of nitriles is 1. The van der Waals surface area contributed by atoms with E-state index in [0.29, 0.717) is 23.4 Å². The van der Waals surface area contributed by atoms with E-state index in [1.165, 1.54) is 6.33 Å². The Kier molecular flexibility index (Phi) is 3.91. The highest BCUT2D eigenvalue weighted by molar-refractivity contribution is 5.41. The van der Waals surface area contributed by atoms with Gasteiger partial charge in [-0.05, 0) is 17.5 Å². The summed E-state index contributed by atoms with van der Waals surface area (Å²) < 4.78 is 5.38. The normalized spacial score (nSPS) is 12.6. The molecule has 0 saturated heterocycles. The monoisotopic (exact) mass is 325 g/mol. The molecule has 3 heterocycles. The van der Waals surface area contributed by atoms with E-state index < -0.39 is 0 Å². The number of rotatable bonds is 4. The van der Waals surface area contributed by atoms with Gasteiger partial charge in [0.25, 0.3) is 0 Å². The first-order chi connectivity index (χ1) is 11.5. The summed E-state index contributed by atoms with van der Waals surface area (Å²) in [5, 5.41) is 30.2. The number of hydrogen-bond acceptors (Lipinski definition) is 9. The topological polar surface area (TPSA) is 142 Å². The number of H-pyrrole nitrogens is 1. The van der Waals surface area contributed by atoms with Gasteiger partial charge in [-0.2, -0.15) is 15.3 Å². The lowest BCUT2D eigenvalue weighted by molar-refractivity contribution is 0.268. The third-order valence-electron chi connectivity index (χ3n) is 3.25. The van der Waals surface area contributed by atoms with Gasteiger partial charge >= 0.3 is 0 Å². The van der Waals surface area contributed by atoms with E-state index in [4.69, 9.17) is 9.78 Å². The molecule has 0 radical (unpaired) electrons. The minimum absolute atomic E-state index is 0.248. The molecule has 1 atom stereocenters. The van der Waals surface area contributed by atoms with Crippen LogP contribution in [-0.2, 0) is 0 Å². The first-order valence-electron chi connectivity index (χ1n) is 7.17.